The van der Waals surface area contributed by atoms with Crippen LogP contribution in [0.15, 0.2) is 41.8 Å². The molecule has 1 heterocycles. The van der Waals surface area contributed by atoms with Gasteiger partial charge in [-0.15, -0.1) is 11.3 Å². The predicted octanol–water partition coefficient (Wildman–Crippen LogP) is 3.69. The molecule has 0 radical (unpaired) electrons. The Bertz CT molecular complexity index is 802. The smallest absolute Gasteiger partial charge is 0.227 e. The standard InChI is InChI=1S/C22H28N2O3S/c1-15(13-23-21(26)11-10-19(25)20-9-6-12-28-20)14-24-22(27)17(3)18-8-5-4-7-16(18)2/h4-9,12,15,17H,10-11,13-14H2,1-3H3,(H,23,26)(H,24,27). The molecule has 0 aliphatic heterocycles. The van der Waals surface area contributed by atoms with Crippen LogP contribution in [0.1, 0.15) is 53.4 Å². The molecule has 2 unspecified atom stereocenters. The number of Topliss-reactive ketones (excluding diaryl/α,β-unsaturated/α-hetero) is 1. The van der Waals surface area contributed by atoms with Crippen LogP contribution in [0.2, 0.25) is 0 Å². The Balaban J connectivity index is 1.67. The summed E-state index contributed by atoms with van der Waals surface area (Å²) in [5, 5.41) is 7.65. The van der Waals surface area contributed by atoms with Crippen LogP contribution in [-0.2, 0) is 9.59 Å². The Morgan fingerprint density at radius 1 is 0.964 bits per heavy atom. The van der Waals surface area contributed by atoms with Crippen LogP contribution in [-0.4, -0.2) is 30.7 Å². The number of carbonyl (C=O) groups excluding carboxylic acids is 3. The molecule has 0 fully saturated rings. The van der Waals surface area contributed by atoms with Crippen molar-refractivity contribution in [1.82, 2.24) is 10.6 Å². The molecule has 1 aromatic heterocycles. The quantitative estimate of drug-likeness (QED) is 0.597. The first-order chi connectivity index (χ1) is 13.4. The monoisotopic (exact) mass is 400 g/mol. The fraction of sp³-hybridized carbons (Fsp3) is 0.409. The number of ketones is 1. The van der Waals surface area contributed by atoms with Crippen molar-refractivity contribution in [2.75, 3.05) is 13.1 Å². The van der Waals surface area contributed by atoms with Crippen molar-refractivity contribution in [3.8, 4) is 0 Å². The highest BCUT2D eigenvalue weighted by molar-refractivity contribution is 7.12. The zero-order valence-electron chi connectivity index (χ0n) is 16.7. The van der Waals surface area contributed by atoms with Gasteiger partial charge in [-0.05, 0) is 42.3 Å². The number of thiophene rings is 1. The van der Waals surface area contributed by atoms with Crippen molar-refractivity contribution in [3.63, 3.8) is 0 Å². The van der Waals surface area contributed by atoms with E-state index in [1.807, 2.05) is 56.5 Å². The average molecular weight is 401 g/mol. The van der Waals surface area contributed by atoms with Crippen LogP contribution in [0, 0.1) is 12.8 Å². The van der Waals surface area contributed by atoms with Crippen molar-refractivity contribution >= 4 is 28.9 Å². The molecule has 0 aliphatic carbocycles. The van der Waals surface area contributed by atoms with E-state index in [1.165, 1.54) is 11.3 Å². The van der Waals surface area contributed by atoms with E-state index in [1.54, 1.807) is 6.07 Å². The maximum absolute atomic E-state index is 12.4. The maximum Gasteiger partial charge on any atom is 0.227 e. The molecule has 28 heavy (non-hydrogen) atoms. The van der Waals surface area contributed by atoms with E-state index in [-0.39, 0.29) is 42.3 Å². The lowest BCUT2D eigenvalue weighted by atomic mass is 9.95. The second kappa shape index (κ2) is 10.8. The predicted molar refractivity (Wildman–Crippen MR) is 113 cm³/mol. The highest BCUT2D eigenvalue weighted by Gasteiger charge is 2.17. The van der Waals surface area contributed by atoms with Gasteiger partial charge in [0.15, 0.2) is 5.78 Å². The molecule has 6 heteroatoms. The molecule has 2 rings (SSSR count). The lowest BCUT2D eigenvalue weighted by Gasteiger charge is -2.17. The van der Waals surface area contributed by atoms with Gasteiger partial charge in [0.05, 0.1) is 10.8 Å². The minimum Gasteiger partial charge on any atom is -0.356 e. The first kappa shape index (κ1) is 21.8. The summed E-state index contributed by atoms with van der Waals surface area (Å²) in [5.74, 6) is -0.280. The van der Waals surface area contributed by atoms with E-state index in [0.29, 0.717) is 18.0 Å². The molecule has 2 amide bonds. The van der Waals surface area contributed by atoms with Crippen LogP contribution < -0.4 is 10.6 Å². The molecule has 2 aromatic rings. The van der Waals surface area contributed by atoms with E-state index in [0.717, 1.165) is 11.1 Å². The van der Waals surface area contributed by atoms with Gasteiger partial charge in [0, 0.05) is 25.9 Å². The number of amides is 2. The number of aryl methyl sites for hydroxylation is 1. The van der Waals surface area contributed by atoms with E-state index < -0.39 is 0 Å². The highest BCUT2D eigenvalue weighted by Crippen LogP contribution is 2.19. The van der Waals surface area contributed by atoms with Crippen molar-refractivity contribution in [1.29, 1.82) is 0 Å². The second-order valence-corrected chi connectivity index (χ2v) is 8.08. The minimum atomic E-state index is -0.216. The summed E-state index contributed by atoms with van der Waals surface area (Å²) in [6, 6.07) is 11.5. The van der Waals surface area contributed by atoms with Gasteiger partial charge in [-0.25, -0.2) is 0 Å². The number of hydrogen-bond acceptors (Lipinski definition) is 4. The topological polar surface area (TPSA) is 75.3 Å². The SMILES string of the molecule is Cc1ccccc1C(C)C(=O)NCC(C)CNC(=O)CCC(=O)c1cccs1. The third-order valence-corrected chi connectivity index (χ3v) is 5.61. The normalized spacial score (nSPS) is 12.8. The third kappa shape index (κ3) is 6.60. The van der Waals surface area contributed by atoms with Gasteiger partial charge in [0.1, 0.15) is 0 Å². The van der Waals surface area contributed by atoms with Gasteiger partial charge in [-0.2, -0.15) is 0 Å². The fourth-order valence-corrected chi connectivity index (χ4v) is 3.57. The summed E-state index contributed by atoms with van der Waals surface area (Å²) in [6.45, 7) is 6.82. The van der Waals surface area contributed by atoms with Crippen LogP contribution in [0.3, 0.4) is 0 Å². The Morgan fingerprint density at radius 3 is 2.36 bits per heavy atom. The van der Waals surface area contributed by atoms with Gasteiger partial charge in [0.25, 0.3) is 0 Å². The molecule has 0 spiro atoms. The van der Waals surface area contributed by atoms with E-state index in [9.17, 15) is 14.4 Å². The van der Waals surface area contributed by atoms with Crippen molar-refractivity contribution in [3.05, 3.63) is 57.8 Å². The molecule has 0 saturated heterocycles. The first-order valence-corrected chi connectivity index (χ1v) is 10.4. The summed E-state index contributed by atoms with van der Waals surface area (Å²) in [6.07, 6.45) is 0.394. The molecular weight excluding hydrogens is 372 g/mol. The minimum absolute atomic E-state index is 0.00402. The molecule has 0 bridgehead atoms. The van der Waals surface area contributed by atoms with Crippen LogP contribution in [0.5, 0.6) is 0 Å². The Morgan fingerprint density at radius 2 is 1.68 bits per heavy atom. The average Bonchev–Trinajstić information content (AvgIpc) is 3.23. The van der Waals surface area contributed by atoms with E-state index in [4.69, 9.17) is 0 Å². The zero-order valence-corrected chi connectivity index (χ0v) is 17.5. The van der Waals surface area contributed by atoms with Crippen LogP contribution >= 0.6 is 11.3 Å². The molecule has 2 N–H and O–H groups in total. The first-order valence-electron chi connectivity index (χ1n) is 9.55. The molecule has 5 nitrogen and oxygen atoms in total. The van der Waals surface area contributed by atoms with Crippen molar-refractivity contribution in [2.45, 2.75) is 39.5 Å². The summed E-state index contributed by atoms with van der Waals surface area (Å²) >= 11 is 1.39. The zero-order chi connectivity index (χ0) is 20.5. The summed E-state index contributed by atoms with van der Waals surface area (Å²) in [7, 11) is 0. The van der Waals surface area contributed by atoms with Crippen LogP contribution in [0.4, 0.5) is 0 Å². The largest absolute Gasteiger partial charge is 0.356 e. The lowest BCUT2D eigenvalue weighted by Crippen LogP contribution is -2.37. The third-order valence-electron chi connectivity index (χ3n) is 4.70. The second-order valence-electron chi connectivity index (χ2n) is 7.13. The van der Waals surface area contributed by atoms with Gasteiger partial charge in [-0.3, -0.25) is 14.4 Å². The number of carbonyl (C=O) groups is 3. The number of nitrogens with one attached hydrogen (secondary N) is 2. The summed E-state index contributed by atoms with van der Waals surface area (Å²) in [4.78, 5) is 36.9. The van der Waals surface area contributed by atoms with E-state index >= 15 is 0 Å². The van der Waals surface area contributed by atoms with Gasteiger partial charge < -0.3 is 10.6 Å². The highest BCUT2D eigenvalue weighted by atomic mass is 32.1. The molecule has 1 aromatic carbocycles. The number of benzene rings is 1. The molecule has 150 valence electrons. The fourth-order valence-electron chi connectivity index (χ4n) is 2.88. The van der Waals surface area contributed by atoms with Gasteiger partial charge >= 0.3 is 0 Å². The van der Waals surface area contributed by atoms with E-state index in [2.05, 4.69) is 10.6 Å². The van der Waals surface area contributed by atoms with Crippen LogP contribution in [0.25, 0.3) is 0 Å². The number of rotatable bonds is 10. The Kier molecular flexibility index (Phi) is 8.39. The lowest BCUT2D eigenvalue weighted by molar-refractivity contribution is -0.122. The van der Waals surface area contributed by atoms with Gasteiger partial charge in [-0.1, -0.05) is 37.3 Å². The maximum atomic E-state index is 12.4. The van der Waals surface area contributed by atoms with Crippen molar-refractivity contribution < 1.29 is 14.4 Å². The Hall–Kier alpha value is -2.47. The molecule has 2 atom stereocenters. The molecule has 0 aliphatic rings. The molecule has 0 saturated carbocycles. The number of hydrogen-bond donors (Lipinski definition) is 2. The molecular formula is C22H28N2O3S. The van der Waals surface area contributed by atoms with Crippen molar-refractivity contribution in [2.24, 2.45) is 5.92 Å². The van der Waals surface area contributed by atoms with Gasteiger partial charge in [0.2, 0.25) is 11.8 Å². The summed E-state index contributed by atoms with van der Waals surface area (Å²) in [5.41, 5.74) is 2.12. The Labute approximate surface area is 170 Å². The summed E-state index contributed by atoms with van der Waals surface area (Å²) < 4.78 is 0.